The first-order chi connectivity index (χ1) is 12.1. The Bertz CT molecular complexity index is 760. The predicted molar refractivity (Wildman–Crippen MR) is 83.6 cm³/mol. The average molecular weight is 322 g/mol. The molecule has 110 valence electrons. The van der Waals surface area contributed by atoms with Crippen molar-refractivity contribution in [3.63, 3.8) is 0 Å². The van der Waals surface area contributed by atoms with Crippen molar-refractivity contribution in [3.05, 3.63) is 33.8 Å². The van der Waals surface area contributed by atoms with Crippen LogP contribution >= 0.6 is 23.2 Å². The van der Waals surface area contributed by atoms with E-state index in [0.29, 0.717) is 4.90 Å². The summed E-state index contributed by atoms with van der Waals surface area (Å²) in [5.41, 5.74) is -0.115. The number of hydrogen-bond acceptors (Lipinski definition) is 2. The Morgan fingerprint density at radius 1 is 1.60 bits per heavy atom. The van der Waals surface area contributed by atoms with E-state index in [0.717, 1.165) is 0 Å². The summed E-state index contributed by atoms with van der Waals surface area (Å²) in [6.45, 7) is -2.53. The molecule has 0 aromatic heterocycles. The van der Waals surface area contributed by atoms with Crippen molar-refractivity contribution in [2.75, 3.05) is 19.5 Å². The van der Waals surface area contributed by atoms with E-state index in [9.17, 15) is 4.79 Å². The van der Waals surface area contributed by atoms with Gasteiger partial charge in [0.25, 0.3) is 5.91 Å². The lowest BCUT2D eigenvalue weighted by molar-refractivity contribution is 0.0667. The van der Waals surface area contributed by atoms with Gasteiger partial charge in [0.15, 0.2) is 0 Å². The molecule has 1 aliphatic heterocycles. The number of nitrogens with one attached hydrogen (secondary N) is 1. The van der Waals surface area contributed by atoms with Crippen LogP contribution in [0.15, 0.2) is 18.2 Å². The zero-order valence-electron chi connectivity index (χ0n) is 18.1. The van der Waals surface area contributed by atoms with Crippen LogP contribution in [0.5, 0.6) is 0 Å². The zero-order valence-corrected chi connectivity index (χ0v) is 12.6. The normalized spacial score (nSPS) is 35.0. The van der Waals surface area contributed by atoms with E-state index in [1.807, 2.05) is 5.32 Å². The number of hydrogen-bond donors (Lipinski definition) is 1. The minimum atomic E-state index is -3.07. The van der Waals surface area contributed by atoms with Gasteiger partial charge in [-0.05, 0) is 30.9 Å². The Hall–Kier alpha value is -0.770. The van der Waals surface area contributed by atoms with E-state index in [1.165, 1.54) is 18.2 Å². The number of carbonyl (C=O) groups is 1. The SMILES string of the molecule is [2H]C1([2H])NC([2H])([2H])C([2H])(N(CC(C)C)C(=O)c2cccc(Cl)c2Cl)C1([2H])[2H]. The van der Waals surface area contributed by atoms with Crippen molar-refractivity contribution in [2.45, 2.75) is 26.2 Å². The van der Waals surface area contributed by atoms with Gasteiger partial charge >= 0.3 is 0 Å². The lowest BCUT2D eigenvalue weighted by Gasteiger charge is -2.30. The van der Waals surface area contributed by atoms with Gasteiger partial charge in [-0.2, -0.15) is 0 Å². The van der Waals surface area contributed by atoms with E-state index in [-0.39, 0.29) is 28.1 Å². The second kappa shape index (κ2) is 6.79. The van der Waals surface area contributed by atoms with Crippen molar-refractivity contribution in [1.29, 1.82) is 0 Å². The summed E-state index contributed by atoms with van der Waals surface area (Å²) in [6.07, 6.45) is -3.07. The molecule has 0 bridgehead atoms. The van der Waals surface area contributed by atoms with Crippen LogP contribution in [0.3, 0.4) is 0 Å². The predicted octanol–water partition coefficient (Wildman–Crippen LogP) is 3.45. The largest absolute Gasteiger partial charge is 0.334 e. The number of carbonyl (C=O) groups excluding carboxylic acids is 1. The van der Waals surface area contributed by atoms with Crippen LogP contribution in [0.25, 0.3) is 0 Å². The van der Waals surface area contributed by atoms with Gasteiger partial charge in [-0.25, -0.2) is 0 Å². The number of halogens is 2. The Balaban J connectivity index is 2.69. The summed E-state index contributed by atoms with van der Waals surface area (Å²) in [5.74, 6) is -1.16. The Labute approximate surface area is 140 Å². The average Bonchev–Trinajstić information content (AvgIpc) is 2.61. The molecule has 1 amide bonds. The van der Waals surface area contributed by atoms with Gasteiger partial charge in [0.05, 0.1) is 17.0 Å². The third-order valence-electron chi connectivity index (χ3n) is 2.67. The number of rotatable bonds is 4. The number of benzene rings is 1. The molecule has 2 rings (SSSR count). The maximum Gasteiger partial charge on any atom is 0.255 e. The van der Waals surface area contributed by atoms with Crippen LogP contribution in [0.2, 0.25) is 10.0 Å². The van der Waals surface area contributed by atoms with Crippen molar-refractivity contribution < 1.29 is 14.4 Å². The first-order valence-electron chi connectivity index (χ1n) is 9.65. The highest BCUT2D eigenvalue weighted by atomic mass is 35.5. The van der Waals surface area contributed by atoms with Crippen LogP contribution in [0, 0.1) is 5.92 Å². The summed E-state index contributed by atoms with van der Waals surface area (Å²) in [4.78, 5) is 13.9. The molecule has 1 aromatic rings. The molecule has 0 saturated carbocycles. The van der Waals surface area contributed by atoms with E-state index in [4.69, 9.17) is 32.8 Å². The summed E-state index contributed by atoms with van der Waals surface area (Å²) in [5, 5.41) is 1.87. The quantitative estimate of drug-likeness (QED) is 0.921. The monoisotopic (exact) mass is 321 g/mol. The zero-order chi connectivity index (χ0) is 21.0. The third-order valence-corrected chi connectivity index (χ3v) is 3.49. The second-order valence-electron chi connectivity index (χ2n) is 4.76. The van der Waals surface area contributed by atoms with Gasteiger partial charge in [0.2, 0.25) is 0 Å². The second-order valence-corrected chi connectivity index (χ2v) is 5.54. The van der Waals surface area contributed by atoms with Crippen molar-refractivity contribution in [1.82, 2.24) is 10.2 Å². The van der Waals surface area contributed by atoms with Gasteiger partial charge in [-0.15, -0.1) is 0 Å². The highest BCUT2D eigenvalue weighted by Crippen LogP contribution is 2.27. The Morgan fingerprint density at radius 3 is 2.95 bits per heavy atom. The molecule has 1 fully saturated rings. The molecule has 0 aliphatic carbocycles. The van der Waals surface area contributed by atoms with Gasteiger partial charge in [0, 0.05) is 27.3 Å². The third kappa shape index (κ3) is 3.46. The fraction of sp³-hybridized carbons (Fsp3) is 0.533. The molecule has 0 spiro atoms. The summed E-state index contributed by atoms with van der Waals surface area (Å²) in [7, 11) is 0. The van der Waals surface area contributed by atoms with Crippen LogP contribution in [-0.2, 0) is 0 Å². The smallest absolute Gasteiger partial charge is 0.255 e. The van der Waals surface area contributed by atoms with Crippen molar-refractivity contribution >= 4 is 29.1 Å². The number of amides is 1. The molecular weight excluding hydrogens is 295 g/mol. The highest BCUT2D eigenvalue weighted by molar-refractivity contribution is 6.43. The Morgan fingerprint density at radius 2 is 2.35 bits per heavy atom. The minimum absolute atomic E-state index is 0.0805. The first kappa shape index (κ1) is 8.62. The molecule has 5 heteroatoms. The van der Waals surface area contributed by atoms with Crippen LogP contribution in [0.4, 0.5) is 0 Å². The molecular formula is C15H20Cl2N2O. The molecule has 3 nitrogen and oxygen atoms in total. The van der Waals surface area contributed by atoms with Crippen molar-refractivity contribution in [2.24, 2.45) is 5.92 Å². The lowest BCUT2D eigenvalue weighted by Crippen LogP contribution is -2.43. The molecule has 1 atom stereocenters. The van der Waals surface area contributed by atoms with Crippen molar-refractivity contribution in [3.8, 4) is 0 Å². The standard InChI is InChI=1S/C15H20Cl2N2O/c1-10(2)9-19(11-6-7-18-8-11)15(20)12-4-3-5-13(16)14(12)17/h3-5,10-11,18H,6-9H2,1-2H3/i6D2,7D2,8D2,11D. The molecule has 1 aliphatic rings. The topological polar surface area (TPSA) is 32.3 Å². The van der Waals surface area contributed by atoms with Gasteiger partial charge in [0.1, 0.15) is 0 Å². The minimum Gasteiger partial charge on any atom is -0.334 e. The van der Waals surface area contributed by atoms with Crippen LogP contribution in [-0.4, -0.2) is 36.4 Å². The summed E-state index contributed by atoms with van der Waals surface area (Å²) >= 11 is 12.1. The fourth-order valence-corrected chi connectivity index (χ4v) is 2.18. The molecule has 1 N–H and O–H groups in total. The maximum atomic E-state index is 13.2. The molecule has 1 saturated heterocycles. The molecule has 1 aromatic carbocycles. The first-order valence-corrected chi connectivity index (χ1v) is 6.91. The van der Waals surface area contributed by atoms with E-state index >= 15 is 0 Å². The van der Waals surface area contributed by atoms with Crippen LogP contribution < -0.4 is 5.32 Å². The number of nitrogens with zero attached hydrogens (tertiary/aromatic N) is 1. The van der Waals surface area contributed by atoms with Crippen LogP contribution in [0.1, 0.15) is 40.2 Å². The van der Waals surface area contributed by atoms with E-state index in [2.05, 4.69) is 0 Å². The van der Waals surface area contributed by atoms with Gasteiger partial charge in [-0.3, -0.25) is 4.79 Å². The Kier molecular flexibility index (Phi) is 2.93. The summed E-state index contributed by atoms with van der Waals surface area (Å²) < 4.78 is 56.9. The molecule has 1 heterocycles. The maximum absolute atomic E-state index is 13.2. The van der Waals surface area contributed by atoms with E-state index in [1.54, 1.807) is 13.8 Å². The van der Waals surface area contributed by atoms with Gasteiger partial charge < -0.3 is 10.2 Å². The fourth-order valence-electron chi connectivity index (χ4n) is 1.80. The molecule has 20 heavy (non-hydrogen) atoms. The molecule has 1 unspecified atom stereocenters. The summed E-state index contributed by atoms with van der Waals surface area (Å²) in [6, 6.07) is 1.35. The van der Waals surface area contributed by atoms with Gasteiger partial charge in [-0.1, -0.05) is 43.1 Å². The van der Waals surface area contributed by atoms with E-state index < -0.39 is 31.3 Å². The lowest BCUT2D eigenvalue weighted by atomic mass is 10.1. The highest BCUT2D eigenvalue weighted by Gasteiger charge is 2.29. The molecule has 0 radical (unpaired) electrons.